The van der Waals surface area contributed by atoms with Gasteiger partial charge in [0.2, 0.25) is 5.91 Å². The van der Waals surface area contributed by atoms with Crippen LogP contribution in [0.25, 0.3) is 0 Å². The van der Waals surface area contributed by atoms with Crippen LogP contribution in [0.4, 0.5) is 0 Å². The molecule has 3 aromatic rings. The average molecular weight is 774 g/mol. The number of rotatable bonds is 13. The fourth-order valence-corrected chi connectivity index (χ4v) is 8.22. The Hall–Kier alpha value is -4.31. The van der Waals surface area contributed by atoms with Crippen molar-refractivity contribution in [1.82, 2.24) is 20.9 Å². The van der Waals surface area contributed by atoms with Gasteiger partial charge in [0.1, 0.15) is 41.6 Å². The van der Waals surface area contributed by atoms with Gasteiger partial charge >= 0.3 is 0 Å². The van der Waals surface area contributed by atoms with Crippen molar-refractivity contribution in [2.75, 3.05) is 20.8 Å². The van der Waals surface area contributed by atoms with E-state index in [0.717, 1.165) is 16.7 Å². The number of benzene rings is 3. The van der Waals surface area contributed by atoms with Gasteiger partial charge in [-0.2, -0.15) is 0 Å². The highest BCUT2D eigenvalue weighted by molar-refractivity contribution is 6.74. The highest BCUT2D eigenvalue weighted by Gasteiger charge is 2.56. The van der Waals surface area contributed by atoms with E-state index in [9.17, 15) is 14.7 Å². The van der Waals surface area contributed by atoms with Crippen LogP contribution in [0.15, 0.2) is 83.9 Å². The summed E-state index contributed by atoms with van der Waals surface area (Å²) < 4.78 is 32.0. The Bertz CT molecular complexity index is 1770. The first kappa shape index (κ1) is 40.4. The number of fused-ring (bicyclic) bond motifs is 1. The molecule has 0 radical (unpaired) electrons. The summed E-state index contributed by atoms with van der Waals surface area (Å²) in [7, 11) is 0.746. The second kappa shape index (κ2) is 16.0. The summed E-state index contributed by atoms with van der Waals surface area (Å²) >= 11 is 0. The minimum Gasteiger partial charge on any atom is -0.497 e. The maximum absolute atomic E-state index is 13.3. The first-order valence-corrected chi connectivity index (χ1v) is 21.7. The number of hydrogen-bond donors (Lipinski definition) is 4. The first-order chi connectivity index (χ1) is 26.1. The van der Waals surface area contributed by atoms with Crippen LogP contribution in [0.1, 0.15) is 51.3 Å². The van der Waals surface area contributed by atoms with Gasteiger partial charge in [0, 0.05) is 5.92 Å². The number of aliphatic imine (C=N–C) groups is 1. The number of nitrogens with one attached hydrogen (secondary N) is 3. The molecule has 13 nitrogen and oxygen atoms in total. The highest BCUT2D eigenvalue weighted by Crippen LogP contribution is 2.44. The summed E-state index contributed by atoms with van der Waals surface area (Å²) in [6.07, 6.45) is -3.62. The fraction of sp³-hybridized carbons (Fsp3) is 0.488. The molecule has 55 heavy (non-hydrogen) atoms. The minimum absolute atomic E-state index is 0.0396. The first-order valence-electron chi connectivity index (χ1n) is 18.8. The van der Waals surface area contributed by atoms with E-state index in [0.29, 0.717) is 11.5 Å². The molecule has 296 valence electrons. The summed E-state index contributed by atoms with van der Waals surface area (Å²) in [6.45, 7) is 14.2. The van der Waals surface area contributed by atoms with Crippen molar-refractivity contribution in [3.05, 3.63) is 95.6 Å². The molecule has 3 aliphatic heterocycles. The number of carbonyl (C=O) groups excluding carboxylic acids is 2. The lowest BCUT2D eigenvalue weighted by Gasteiger charge is -2.43. The molecule has 7 atom stereocenters. The van der Waals surface area contributed by atoms with Gasteiger partial charge in [0.05, 0.1) is 27.2 Å². The number of aliphatic hydroxyl groups is 1. The molecule has 0 aromatic heterocycles. The van der Waals surface area contributed by atoms with Crippen molar-refractivity contribution in [2.45, 2.75) is 101 Å². The number of carbonyl (C=O) groups is 2. The van der Waals surface area contributed by atoms with Crippen molar-refractivity contribution >= 4 is 26.5 Å². The minimum atomic E-state index is -2.51. The van der Waals surface area contributed by atoms with E-state index in [1.54, 1.807) is 39.3 Å². The topological polar surface area (TPSA) is 152 Å². The van der Waals surface area contributed by atoms with Gasteiger partial charge < -0.3 is 44.0 Å². The second-order valence-electron chi connectivity index (χ2n) is 16.1. The monoisotopic (exact) mass is 773 g/mol. The van der Waals surface area contributed by atoms with E-state index >= 15 is 0 Å². The Kier molecular flexibility index (Phi) is 11.8. The summed E-state index contributed by atoms with van der Waals surface area (Å²) in [5, 5.41) is 21.0. The van der Waals surface area contributed by atoms with E-state index < -0.39 is 57.0 Å². The third kappa shape index (κ3) is 8.02. The van der Waals surface area contributed by atoms with E-state index in [4.69, 9.17) is 23.4 Å². The van der Waals surface area contributed by atoms with Gasteiger partial charge in [0.15, 0.2) is 26.9 Å². The number of nitrogens with zero attached hydrogens (tertiary/aromatic N) is 2. The van der Waals surface area contributed by atoms with Crippen LogP contribution in [-0.2, 0) is 29.1 Å². The summed E-state index contributed by atoms with van der Waals surface area (Å²) in [6, 6.07) is 24.6. The Morgan fingerprint density at radius 2 is 1.51 bits per heavy atom. The van der Waals surface area contributed by atoms with Crippen LogP contribution in [0.5, 0.6) is 11.5 Å². The zero-order chi connectivity index (χ0) is 39.7. The van der Waals surface area contributed by atoms with Gasteiger partial charge in [-0.1, -0.05) is 89.2 Å². The molecule has 3 unspecified atom stereocenters. The van der Waals surface area contributed by atoms with Crippen LogP contribution < -0.4 is 25.4 Å². The van der Waals surface area contributed by atoms with E-state index in [-0.39, 0.29) is 29.4 Å². The Morgan fingerprint density at radius 3 is 2.04 bits per heavy atom. The Labute approximate surface area is 324 Å². The predicted molar refractivity (Wildman–Crippen MR) is 211 cm³/mol. The Morgan fingerprint density at radius 1 is 0.945 bits per heavy atom. The van der Waals surface area contributed by atoms with E-state index in [2.05, 4.69) is 54.8 Å². The quantitative estimate of drug-likeness (QED) is 0.146. The molecule has 3 aliphatic rings. The van der Waals surface area contributed by atoms with Crippen LogP contribution in [0, 0.1) is 5.92 Å². The lowest BCUT2D eigenvalue weighted by atomic mass is 9.80. The molecule has 2 amide bonds. The summed E-state index contributed by atoms with van der Waals surface area (Å²) in [5.41, 5.74) is 1.39. The molecular formula is C41H55N5O8Si. The summed E-state index contributed by atoms with van der Waals surface area (Å²) in [4.78, 5) is 32.2. The summed E-state index contributed by atoms with van der Waals surface area (Å²) in [5.74, 6) is 0.544. The van der Waals surface area contributed by atoms with Crippen molar-refractivity contribution in [3.63, 3.8) is 0 Å². The van der Waals surface area contributed by atoms with Crippen molar-refractivity contribution in [1.29, 1.82) is 0 Å². The molecule has 0 spiro atoms. The van der Waals surface area contributed by atoms with Gasteiger partial charge in [-0.25, -0.2) is 0 Å². The van der Waals surface area contributed by atoms with E-state index in [1.165, 1.54) is 0 Å². The van der Waals surface area contributed by atoms with Crippen molar-refractivity contribution in [2.24, 2.45) is 10.9 Å². The van der Waals surface area contributed by atoms with Gasteiger partial charge in [-0.05, 0) is 59.1 Å². The molecule has 3 aromatic carbocycles. The molecule has 14 heteroatoms. The Balaban J connectivity index is 1.37. The molecule has 2 fully saturated rings. The maximum atomic E-state index is 13.3. The number of aliphatic hydroxyl groups excluding tert-OH is 1. The van der Waals surface area contributed by atoms with Crippen molar-refractivity contribution < 1.29 is 38.1 Å². The SMILES string of the molecule is COc1ccc(C(OC[C@H]2O[C@@H](N3C=NC4C(=O)NC(NC(=O)C(C)C)NC43)[C@H](O[Si](C)(C)C(C)(C)C)[C@@H]2O)(c2ccccc2)c2ccc(OC)cc2)cc1. The lowest BCUT2D eigenvalue weighted by molar-refractivity contribution is -0.135. The number of hydrogen-bond acceptors (Lipinski definition) is 11. The fourth-order valence-electron chi connectivity index (χ4n) is 6.93. The number of ether oxygens (including phenoxy) is 4. The molecule has 0 saturated carbocycles. The third-order valence-corrected chi connectivity index (χ3v) is 15.6. The zero-order valence-corrected chi connectivity index (χ0v) is 34.1. The normalized spacial score (nSPS) is 25.5. The van der Waals surface area contributed by atoms with Crippen molar-refractivity contribution in [3.8, 4) is 11.5 Å². The maximum Gasteiger partial charge on any atom is 0.251 e. The molecule has 6 rings (SSSR count). The standard InChI is InChI=1S/C41H55N5O8Si/c1-25(2)36(48)44-39-43-35-32(37(49)45-39)42-24-46(35)38-34(54-55(8,9)40(3,4)5)33(47)31(53-38)23-52-41(26-13-11-10-12-14-26,27-15-19-29(50-6)20-16-27)28-17-21-30(51-7)22-18-28/h10-22,24-25,31-35,38-39,43,47H,23H2,1-9H3,(H,44,48)(H,45,49)/t31-,32?,33-,34-,35?,38-,39?/m1/s1. The third-order valence-electron chi connectivity index (χ3n) is 11.2. The zero-order valence-electron chi connectivity index (χ0n) is 33.1. The average Bonchev–Trinajstić information content (AvgIpc) is 3.72. The lowest BCUT2D eigenvalue weighted by Crippen LogP contribution is -2.72. The number of amides is 2. The van der Waals surface area contributed by atoms with Crippen LogP contribution in [-0.4, -0.2) is 100 Å². The second-order valence-corrected chi connectivity index (χ2v) is 20.8. The molecular weight excluding hydrogens is 719 g/mol. The molecule has 0 bridgehead atoms. The van der Waals surface area contributed by atoms with Gasteiger partial charge in [-0.3, -0.25) is 19.9 Å². The van der Waals surface area contributed by atoms with Gasteiger partial charge in [0.25, 0.3) is 5.91 Å². The smallest absolute Gasteiger partial charge is 0.251 e. The van der Waals surface area contributed by atoms with E-state index in [1.807, 2.05) is 78.9 Å². The van der Waals surface area contributed by atoms with Crippen LogP contribution in [0.3, 0.4) is 0 Å². The number of methoxy groups -OCH3 is 2. The molecule has 4 N–H and O–H groups in total. The molecule has 2 saturated heterocycles. The predicted octanol–water partition coefficient (Wildman–Crippen LogP) is 4.30. The largest absolute Gasteiger partial charge is 0.497 e. The van der Waals surface area contributed by atoms with Crippen LogP contribution in [0.2, 0.25) is 18.1 Å². The molecule has 0 aliphatic carbocycles. The van der Waals surface area contributed by atoms with Crippen LogP contribution >= 0.6 is 0 Å². The van der Waals surface area contributed by atoms with Gasteiger partial charge in [-0.15, -0.1) is 0 Å². The molecule has 3 heterocycles. The highest BCUT2D eigenvalue weighted by atomic mass is 28.4.